The molecule has 0 spiro atoms. The third kappa shape index (κ3) is 3.42. The second-order valence-electron chi connectivity index (χ2n) is 5.07. The van der Waals surface area contributed by atoms with Gasteiger partial charge in [0, 0.05) is 5.69 Å². The first-order chi connectivity index (χ1) is 11.2. The van der Waals surface area contributed by atoms with Crippen molar-refractivity contribution in [3.63, 3.8) is 0 Å². The summed E-state index contributed by atoms with van der Waals surface area (Å²) in [7, 11) is 1.57. The average Bonchev–Trinajstić information content (AvgIpc) is 2.56. The second-order valence-corrected chi connectivity index (χ2v) is 5.07. The third-order valence-electron chi connectivity index (χ3n) is 3.45. The highest BCUT2D eigenvalue weighted by Crippen LogP contribution is 2.29. The lowest BCUT2D eigenvalue weighted by Crippen LogP contribution is -2.39. The van der Waals surface area contributed by atoms with Crippen LogP contribution in [0.4, 0.5) is 11.4 Å². The SMILES string of the molecule is COc1ccc(NC(=O)C[C@H]2Oc3ccccc3NC2=O)cc1. The van der Waals surface area contributed by atoms with Crippen LogP contribution in [0, 0.1) is 0 Å². The Balaban J connectivity index is 1.62. The number of amides is 2. The summed E-state index contributed by atoms with van der Waals surface area (Å²) in [6.07, 6.45) is -0.908. The third-order valence-corrected chi connectivity index (χ3v) is 3.45. The molecule has 0 unspecified atom stereocenters. The van der Waals surface area contributed by atoms with Crippen LogP contribution in [0.25, 0.3) is 0 Å². The molecule has 6 heteroatoms. The predicted molar refractivity (Wildman–Crippen MR) is 85.7 cm³/mol. The molecule has 2 aromatic rings. The van der Waals surface area contributed by atoms with Gasteiger partial charge < -0.3 is 20.1 Å². The Labute approximate surface area is 133 Å². The van der Waals surface area contributed by atoms with Crippen molar-refractivity contribution in [3.05, 3.63) is 48.5 Å². The van der Waals surface area contributed by atoms with Crippen LogP contribution in [0.3, 0.4) is 0 Å². The highest BCUT2D eigenvalue weighted by Gasteiger charge is 2.29. The molecule has 6 nitrogen and oxygen atoms in total. The van der Waals surface area contributed by atoms with Crippen LogP contribution in [0.2, 0.25) is 0 Å². The maximum Gasteiger partial charge on any atom is 0.266 e. The normalized spacial score (nSPS) is 15.9. The first kappa shape index (κ1) is 14.9. The van der Waals surface area contributed by atoms with Crippen LogP contribution in [0.5, 0.6) is 11.5 Å². The lowest BCUT2D eigenvalue weighted by molar-refractivity contribution is -0.128. The average molecular weight is 312 g/mol. The largest absolute Gasteiger partial charge is 0.497 e. The molecular formula is C17H16N2O4. The van der Waals surface area contributed by atoms with Gasteiger partial charge in [-0.15, -0.1) is 0 Å². The number of rotatable bonds is 4. The number of hydrogen-bond donors (Lipinski definition) is 2. The van der Waals surface area contributed by atoms with E-state index in [4.69, 9.17) is 9.47 Å². The molecule has 2 aromatic carbocycles. The molecular weight excluding hydrogens is 296 g/mol. The summed E-state index contributed by atoms with van der Waals surface area (Å²) in [5.41, 5.74) is 1.25. The zero-order valence-corrected chi connectivity index (χ0v) is 12.5. The topological polar surface area (TPSA) is 76.7 Å². The zero-order chi connectivity index (χ0) is 16.2. The second kappa shape index (κ2) is 6.39. The summed E-state index contributed by atoms with van der Waals surface area (Å²) >= 11 is 0. The number of methoxy groups -OCH3 is 1. The Morgan fingerprint density at radius 1 is 1.22 bits per heavy atom. The molecule has 0 bridgehead atoms. The van der Waals surface area contributed by atoms with Gasteiger partial charge in [-0.3, -0.25) is 9.59 Å². The van der Waals surface area contributed by atoms with E-state index in [1.807, 2.05) is 6.07 Å². The van der Waals surface area contributed by atoms with Crippen molar-refractivity contribution in [2.75, 3.05) is 17.7 Å². The molecule has 1 aliphatic rings. The van der Waals surface area contributed by atoms with Gasteiger partial charge in [0.1, 0.15) is 11.5 Å². The monoisotopic (exact) mass is 312 g/mol. The first-order valence-electron chi connectivity index (χ1n) is 7.16. The number of ether oxygens (including phenoxy) is 2. The smallest absolute Gasteiger partial charge is 0.266 e. The van der Waals surface area contributed by atoms with Gasteiger partial charge in [0.15, 0.2) is 6.10 Å². The molecule has 0 aliphatic carbocycles. The van der Waals surface area contributed by atoms with Crippen molar-refractivity contribution < 1.29 is 19.1 Å². The molecule has 0 fully saturated rings. The van der Waals surface area contributed by atoms with Crippen LogP contribution in [-0.4, -0.2) is 25.0 Å². The molecule has 2 amide bonds. The predicted octanol–water partition coefficient (Wildman–Crippen LogP) is 2.42. The van der Waals surface area contributed by atoms with Gasteiger partial charge in [-0.05, 0) is 36.4 Å². The highest BCUT2D eigenvalue weighted by molar-refractivity contribution is 6.01. The van der Waals surface area contributed by atoms with E-state index in [0.717, 1.165) is 0 Å². The maximum atomic E-state index is 12.1. The van der Waals surface area contributed by atoms with Crippen LogP contribution in [0.1, 0.15) is 6.42 Å². The zero-order valence-electron chi connectivity index (χ0n) is 12.5. The molecule has 1 heterocycles. The van der Waals surface area contributed by atoms with Crippen LogP contribution in [0.15, 0.2) is 48.5 Å². The van der Waals surface area contributed by atoms with Gasteiger partial charge in [-0.25, -0.2) is 0 Å². The quantitative estimate of drug-likeness (QED) is 0.909. The van der Waals surface area contributed by atoms with E-state index in [0.29, 0.717) is 22.9 Å². The summed E-state index contributed by atoms with van der Waals surface area (Å²) < 4.78 is 10.7. The van der Waals surface area contributed by atoms with E-state index in [2.05, 4.69) is 10.6 Å². The van der Waals surface area contributed by atoms with Gasteiger partial charge in [0.05, 0.1) is 19.2 Å². The fourth-order valence-corrected chi connectivity index (χ4v) is 2.28. The molecule has 0 aromatic heterocycles. The summed E-state index contributed by atoms with van der Waals surface area (Å²) in [5, 5.41) is 5.46. The van der Waals surface area contributed by atoms with Crippen molar-refractivity contribution in [1.82, 2.24) is 0 Å². The lowest BCUT2D eigenvalue weighted by atomic mass is 10.1. The van der Waals surface area contributed by atoms with Crippen LogP contribution < -0.4 is 20.1 Å². The Morgan fingerprint density at radius 3 is 2.70 bits per heavy atom. The van der Waals surface area contributed by atoms with Gasteiger partial charge in [0.25, 0.3) is 5.91 Å². The Hall–Kier alpha value is -3.02. The molecule has 0 saturated heterocycles. The number of carbonyl (C=O) groups is 2. The van der Waals surface area contributed by atoms with Crippen LogP contribution >= 0.6 is 0 Å². The van der Waals surface area contributed by atoms with Gasteiger partial charge in [-0.2, -0.15) is 0 Å². The molecule has 0 radical (unpaired) electrons. The molecule has 0 saturated carbocycles. The number of hydrogen-bond acceptors (Lipinski definition) is 4. The van der Waals surface area contributed by atoms with Crippen LogP contribution in [-0.2, 0) is 9.59 Å². The van der Waals surface area contributed by atoms with Crippen molar-refractivity contribution in [2.45, 2.75) is 12.5 Å². The first-order valence-corrected chi connectivity index (χ1v) is 7.16. The van der Waals surface area contributed by atoms with Crippen molar-refractivity contribution in [2.24, 2.45) is 0 Å². The minimum atomic E-state index is -0.844. The van der Waals surface area contributed by atoms with E-state index >= 15 is 0 Å². The highest BCUT2D eigenvalue weighted by atomic mass is 16.5. The maximum absolute atomic E-state index is 12.1. The van der Waals surface area contributed by atoms with Gasteiger partial charge >= 0.3 is 0 Å². The number of fused-ring (bicyclic) bond motifs is 1. The number of nitrogens with one attached hydrogen (secondary N) is 2. The number of para-hydroxylation sites is 2. The number of benzene rings is 2. The Bertz CT molecular complexity index is 728. The lowest BCUT2D eigenvalue weighted by Gasteiger charge is -2.25. The Kier molecular flexibility index (Phi) is 4.14. The van der Waals surface area contributed by atoms with Crippen molar-refractivity contribution >= 4 is 23.2 Å². The summed E-state index contributed by atoms with van der Waals surface area (Å²) in [6, 6.07) is 14.1. The van der Waals surface area contributed by atoms with E-state index in [1.54, 1.807) is 49.6 Å². The fraction of sp³-hybridized carbons (Fsp3) is 0.176. The molecule has 1 aliphatic heterocycles. The van der Waals surface area contributed by atoms with Gasteiger partial charge in [0.2, 0.25) is 5.91 Å². The molecule has 3 rings (SSSR count). The molecule has 118 valence electrons. The molecule has 23 heavy (non-hydrogen) atoms. The van der Waals surface area contributed by atoms with E-state index in [9.17, 15) is 9.59 Å². The van der Waals surface area contributed by atoms with E-state index < -0.39 is 6.10 Å². The Morgan fingerprint density at radius 2 is 1.96 bits per heavy atom. The molecule has 2 N–H and O–H groups in total. The standard InChI is InChI=1S/C17H16N2O4/c1-22-12-8-6-11(7-9-12)18-16(20)10-15-17(21)19-13-4-2-3-5-14(13)23-15/h2-9,15H,10H2,1H3,(H,18,20)(H,19,21)/t15-/m1/s1. The number of anilines is 2. The fourth-order valence-electron chi connectivity index (χ4n) is 2.28. The van der Waals surface area contributed by atoms with Crippen molar-refractivity contribution in [1.29, 1.82) is 0 Å². The summed E-state index contributed by atoms with van der Waals surface area (Å²) in [5.74, 6) is 0.646. The summed E-state index contributed by atoms with van der Waals surface area (Å²) in [6.45, 7) is 0. The number of carbonyl (C=O) groups excluding carboxylic acids is 2. The van der Waals surface area contributed by atoms with Gasteiger partial charge in [-0.1, -0.05) is 12.1 Å². The molecule has 1 atom stereocenters. The minimum Gasteiger partial charge on any atom is -0.497 e. The van der Waals surface area contributed by atoms with Crippen molar-refractivity contribution in [3.8, 4) is 11.5 Å². The summed E-state index contributed by atoms with van der Waals surface area (Å²) in [4.78, 5) is 24.1. The van der Waals surface area contributed by atoms with E-state index in [-0.39, 0.29) is 18.2 Å². The van der Waals surface area contributed by atoms with E-state index in [1.165, 1.54) is 0 Å². The minimum absolute atomic E-state index is 0.0633.